The highest BCUT2D eigenvalue weighted by atomic mass is 79.9. The van der Waals surface area contributed by atoms with Gasteiger partial charge in [0.1, 0.15) is 0 Å². The minimum absolute atomic E-state index is 0.105. The molecule has 1 amide bonds. The first kappa shape index (κ1) is 16.6. The summed E-state index contributed by atoms with van der Waals surface area (Å²) in [5.41, 5.74) is 2.10. The van der Waals surface area contributed by atoms with Gasteiger partial charge in [-0.25, -0.2) is 0 Å². The summed E-state index contributed by atoms with van der Waals surface area (Å²) < 4.78 is 0.970. The zero-order valence-electron chi connectivity index (χ0n) is 13.7. The highest BCUT2D eigenvalue weighted by Gasteiger charge is 2.21. The number of nitrogens with zero attached hydrogens (tertiary/aromatic N) is 5. The number of aryl methyl sites for hydroxylation is 1. The van der Waals surface area contributed by atoms with E-state index < -0.39 is 0 Å². The number of carbonyl (C=O) groups is 1. The summed E-state index contributed by atoms with van der Waals surface area (Å²) in [6, 6.07) is 6.06. The minimum atomic E-state index is 0.105. The SMILES string of the molecule is CC(=O)N1CCN(c2nncc(Nc3ccc(C)cc3Br)n2)CC1. The van der Waals surface area contributed by atoms with Crippen molar-refractivity contribution < 1.29 is 4.79 Å². The van der Waals surface area contributed by atoms with Crippen LogP contribution in [0.4, 0.5) is 17.5 Å². The van der Waals surface area contributed by atoms with E-state index in [1.54, 1.807) is 13.1 Å². The van der Waals surface area contributed by atoms with Gasteiger partial charge in [0.2, 0.25) is 11.9 Å². The molecule has 1 aliphatic heterocycles. The molecule has 7 nitrogen and oxygen atoms in total. The lowest BCUT2D eigenvalue weighted by molar-refractivity contribution is -0.129. The highest BCUT2D eigenvalue weighted by Crippen LogP contribution is 2.26. The molecule has 2 aromatic rings. The van der Waals surface area contributed by atoms with Gasteiger partial charge < -0.3 is 15.1 Å². The number of amides is 1. The topological polar surface area (TPSA) is 74.2 Å². The van der Waals surface area contributed by atoms with Gasteiger partial charge in [0.15, 0.2) is 5.82 Å². The van der Waals surface area contributed by atoms with Crippen molar-refractivity contribution in [3.8, 4) is 0 Å². The molecule has 0 spiro atoms. The average molecular weight is 391 g/mol. The largest absolute Gasteiger partial charge is 0.339 e. The third-order valence-electron chi connectivity index (χ3n) is 3.94. The lowest BCUT2D eigenvalue weighted by Crippen LogP contribution is -2.48. The molecule has 0 bridgehead atoms. The molecule has 1 fully saturated rings. The summed E-state index contributed by atoms with van der Waals surface area (Å²) in [5, 5.41) is 11.4. The number of carbonyl (C=O) groups excluding carboxylic acids is 1. The number of anilines is 3. The van der Waals surface area contributed by atoms with Gasteiger partial charge >= 0.3 is 0 Å². The zero-order chi connectivity index (χ0) is 17.1. The molecule has 1 aromatic carbocycles. The quantitative estimate of drug-likeness (QED) is 0.866. The molecule has 1 saturated heterocycles. The van der Waals surface area contributed by atoms with E-state index in [2.05, 4.69) is 36.4 Å². The van der Waals surface area contributed by atoms with E-state index in [1.165, 1.54) is 5.56 Å². The molecule has 0 radical (unpaired) electrons. The summed E-state index contributed by atoms with van der Waals surface area (Å²) in [6.45, 7) is 6.41. The Kier molecular flexibility index (Phi) is 4.94. The number of halogens is 1. The van der Waals surface area contributed by atoms with Crippen molar-refractivity contribution in [3.05, 3.63) is 34.4 Å². The third kappa shape index (κ3) is 3.81. The van der Waals surface area contributed by atoms with Crippen LogP contribution in [0, 0.1) is 6.92 Å². The Morgan fingerprint density at radius 1 is 1.25 bits per heavy atom. The molecule has 0 unspecified atom stereocenters. The second-order valence-electron chi connectivity index (χ2n) is 5.74. The molecule has 0 saturated carbocycles. The fourth-order valence-corrected chi connectivity index (χ4v) is 3.16. The van der Waals surface area contributed by atoms with Crippen LogP contribution in [-0.2, 0) is 4.79 Å². The second-order valence-corrected chi connectivity index (χ2v) is 6.60. The van der Waals surface area contributed by atoms with Crippen molar-refractivity contribution in [1.29, 1.82) is 0 Å². The first-order chi connectivity index (χ1) is 11.5. The van der Waals surface area contributed by atoms with Crippen LogP contribution in [0.25, 0.3) is 0 Å². The average Bonchev–Trinajstić information content (AvgIpc) is 2.58. The Bertz CT molecular complexity index is 745. The fourth-order valence-electron chi connectivity index (χ4n) is 2.57. The summed E-state index contributed by atoms with van der Waals surface area (Å²) >= 11 is 3.55. The van der Waals surface area contributed by atoms with E-state index >= 15 is 0 Å². The van der Waals surface area contributed by atoms with Crippen LogP contribution in [-0.4, -0.2) is 52.2 Å². The Labute approximate surface area is 149 Å². The molecular formula is C16H19BrN6O. The van der Waals surface area contributed by atoms with Crippen molar-refractivity contribution in [2.75, 3.05) is 36.4 Å². The standard InChI is InChI=1S/C16H19BrN6O/c1-11-3-4-14(13(17)9-11)19-15-10-18-21-16(20-15)23-7-5-22(6-8-23)12(2)24/h3-4,9-10H,5-8H2,1-2H3,(H,19,20,21). The number of aromatic nitrogens is 3. The van der Waals surface area contributed by atoms with Gasteiger partial charge in [0.05, 0.1) is 11.9 Å². The number of piperazine rings is 1. The summed E-state index contributed by atoms with van der Waals surface area (Å²) in [6.07, 6.45) is 1.60. The first-order valence-corrected chi connectivity index (χ1v) is 8.55. The first-order valence-electron chi connectivity index (χ1n) is 7.76. The van der Waals surface area contributed by atoms with Crippen LogP contribution in [0.2, 0.25) is 0 Å². The molecule has 24 heavy (non-hydrogen) atoms. The van der Waals surface area contributed by atoms with Crippen LogP contribution in [0.3, 0.4) is 0 Å². The van der Waals surface area contributed by atoms with Crippen LogP contribution < -0.4 is 10.2 Å². The van der Waals surface area contributed by atoms with Crippen LogP contribution in [0.1, 0.15) is 12.5 Å². The van der Waals surface area contributed by atoms with Crippen molar-refractivity contribution in [3.63, 3.8) is 0 Å². The van der Waals surface area contributed by atoms with Gasteiger partial charge in [-0.3, -0.25) is 4.79 Å². The lowest BCUT2D eigenvalue weighted by Gasteiger charge is -2.33. The summed E-state index contributed by atoms with van der Waals surface area (Å²) in [4.78, 5) is 19.8. The fraction of sp³-hybridized carbons (Fsp3) is 0.375. The number of rotatable bonds is 3. The number of benzene rings is 1. The van der Waals surface area contributed by atoms with E-state index in [0.717, 1.165) is 10.2 Å². The monoisotopic (exact) mass is 390 g/mol. The molecule has 0 aliphatic carbocycles. The van der Waals surface area contributed by atoms with Crippen molar-refractivity contribution in [1.82, 2.24) is 20.1 Å². The highest BCUT2D eigenvalue weighted by molar-refractivity contribution is 9.10. The van der Waals surface area contributed by atoms with E-state index in [-0.39, 0.29) is 5.91 Å². The molecule has 0 atom stereocenters. The molecule has 8 heteroatoms. The van der Waals surface area contributed by atoms with Gasteiger partial charge in [-0.15, -0.1) is 5.10 Å². The predicted molar refractivity (Wildman–Crippen MR) is 96.5 cm³/mol. The number of hydrogen-bond donors (Lipinski definition) is 1. The maximum atomic E-state index is 11.4. The summed E-state index contributed by atoms with van der Waals surface area (Å²) in [5.74, 6) is 1.32. The van der Waals surface area contributed by atoms with Gasteiger partial charge in [-0.05, 0) is 40.5 Å². The molecule has 1 aromatic heterocycles. The molecule has 1 N–H and O–H groups in total. The van der Waals surface area contributed by atoms with Crippen molar-refractivity contribution in [2.24, 2.45) is 0 Å². The maximum Gasteiger partial charge on any atom is 0.247 e. The minimum Gasteiger partial charge on any atom is -0.339 e. The van der Waals surface area contributed by atoms with Crippen molar-refractivity contribution >= 4 is 39.3 Å². The molecule has 1 aliphatic rings. The predicted octanol–water partition coefficient (Wildman–Crippen LogP) is 2.35. The number of nitrogens with one attached hydrogen (secondary N) is 1. The van der Waals surface area contributed by atoms with Crippen molar-refractivity contribution in [2.45, 2.75) is 13.8 Å². The Morgan fingerprint density at radius 2 is 2.00 bits per heavy atom. The smallest absolute Gasteiger partial charge is 0.247 e. The van der Waals surface area contributed by atoms with Crippen LogP contribution in [0.15, 0.2) is 28.9 Å². The van der Waals surface area contributed by atoms with Gasteiger partial charge in [0, 0.05) is 37.6 Å². The van der Waals surface area contributed by atoms with E-state index in [9.17, 15) is 4.79 Å². The third-order valence-corrected chi connectivity index (χ3v) is 4.60. The van der Waals surface area contributed by atoms with E-state index in [0.29, 0.717) is 37.9 Å². The zero-order valence-corrected chi connectivity index (χ0v) is 15.2. The lowest BCUT2D eigenvalue weighted by atomic mass is 10.2. The normalized spacial score (nSPS) is 14.6. The molecular weight excluding hydrogens is 372 g/mol. The summed E-state index contributed by atoms with van der Waals surface area (Å²) in [7, 11) is 0. The number of hydrogen-bond acceptors (Lipinski definition) is 6. The molecule has 3 rings (SSSR count). The van der Waals surface area contributed by atoms with Crippen LogP contribution >= 0.6 is 15.9 Å². The van der Waals surface area contributed by atoms with E-state index in [4.69, 9.17) is 0 Å². The molecule has 126 valence electrons. The van der Waals surface area contributed by atoms with E-state index in [1.807, 2.05) is 34.9 Å². The van der Waals surface area contributed by atoms with Gasteiger partial charge in [-0.1, -0.05) is 6.07 Å². The Balaban J connectivity index is 1.71. The second kappa shape index (κ2) is 7.12. The van der Waals surface area contributed by atoms with Gasteiger partial charge in [0.25, 0.3) is 0 Å². The Hall–Kier alpha value is -2.22. The molecule has 2 heterocycles. The Morgan fingerprint density at radius 3 is 2.67 bits per heavy atom. The van der Waals surface area contributed by atoms with Gasteiger partial charge in [-0.2, -0.15) is 10.1 Å². The van der Waals surface area contributed by atoms with Crippen LogP contribution in [0.5, 0.6) is 0 Å². The maximum absolute atomic E-state index is 11.4.